The third kappa shape index (κ3) is 6.61. The molecule has 0 unspecified atom stereocenters. The fraction of sp³-hybridized carbons (Fsp3) is 0.333. The first kappa shape index (κ1) is 23.0. The third-order valence-electron chi connectivity index (χ3n) is 4.20. The predicted octanol–water partition coefficient (Wildman–Crippen LogP) is 3.09. The van der Waals surface area contributed by atoms with Crippen LogP contribution in [0.3, 0.4) is 0 Å². The molecule has 0 bridgehead atoms. The van der Waals surface area contributed by atoms with E-state index in [9.17, 15) is 9.59 Å². The van der Waals surface area contributed by atoms with Crippen LogP contribution in [0, 0.1) is 6.92 Å². The highest BCUT2D eigenvalue weighted by Crippen LogP contribution is 2.21. The van der Waals surface area contributed by atoms with Crippen LogP contribution in [0.25, 0.3) is 0 Å². The van der Waals surface area contributed by atoms with Crippen molar-refractivity contribution < 1.29 is 23.6 Å². The Kier molecular flexibility index (Phi) is 8.73. The zero-order valence-electron chi connectivity index (χ0n) is 17.1. The number of halogens is 1. The van der Waals surface area contributed by atoms with Gasteiger partial charge in [-0.05, 0) is 43.3 Å². The number of hydrogen-bond acceptors (Lipinski definition) is 6. The highest BCUT2D eigenvalue weighted by atomic mass is 79.9. The Labute approximate surface area is 180 Å². The Hall–Kier alpha value is -2.32. The molecule has 0 atom stereocenters. The van der Waals surface area contributed by atoms with E-state index in [4.69, 9.17) is 14.0 Å². The van der Waals surface area contributed by atoms with Crippen LogP contribution in [0.5, 0.6) is 5.75 Å². The van der Waals surface area contributed by atoms with Gasteiger partial charge in [0.25, 0.3) is 0 Å². The van der Waals surface area contributed by atoms with Crippen molar-refractivity contribution in [3.05, 3.63) is 58.1 Å². The average Bonchev–Trinajstić information content (AvgIpc) is 2.69. The highest BCUT2D eigenvalue weighted by Gasteiger charge is 2.33. The molecule has 0 spiro atoms. The van der Waals surface area contributed by atoms with Crippen LogP contribution >= 0.6 is 15.9 Å². The minimum atomic E-state index is -1.04. The van der Waals surface area contributed by atoms with Gasteiger partial charge in [-0.15, -0.1) is 0 Å². The molecular weight excluding hydrogens is 437 g/mol. The van der Waals surface area contributed by atoms with Gasteiger partial charge in [-0.25, -0.2) is 0 Å². The molecule has 154 valence electrons. The minimum Gasteiger partial charge on any atom is -0.494 e. The van der Waals surface area contributed by atoms with E-state index in [2.05, 4.69) is 15.9 Å². The maximum atomic E-state index is 11.8. The number of likely N-dealkylation sites (N-methyl/N-ethyl adjacent to an activating group) is 1. The second-order valence-corrected chi connectivity index (χ2v) is 7.22. The number of carbonyl (C=O) groups is 2. The summed E-state index contributed by atoms with van der Waals surface area (Å²) >= 11 is 3.51. The molecule has 8 heteroatoms. The van der Waals surface area contributed by atoms with E-state index in [1.807, 2.05) is 39.0 Å². The summed E-state index contributed by atoms with van der Waals surface area (Å²) < 4.78 is 17.4. The number of ether oxygens (including phenoxy) is 1. The van der Waals surface area contributed by atoms with E-state index in [0.29, 0.717) is 17.8 Å². The van der Waals surface area contributed by atoms with Crippen LogP contribution in [-0.4, -0.2) is 44.1 Å². The lowest BCUT2D eigenvalue weighted by Gasteiger charge is -2.22. The smallest absolute Gasteiger partial charge is 0.494 e. The lowest BCUT2D eigenvalue weighted by Crippen LogP contribution is -2.47. The van der Waals surface area contributed by atoms with E-state index >= 15 is 0 Å². The van der Waals surface area contributed by atoms with Crippen molar-refractivity contribution in [2.45, 2.75) is 27.4 Å². The molecule has 3 rings (SSSR count). The molecule has 0 saturated carbocycles. The van der Waals surface area contributed by atoms with E-state index in [0.717, 1.165) is 15.6 Å². The quantitative estimate of drug-likeness (QED) is 0.652. The summed E-state index contributed by atoms with van der Waals surface area (Å²) in [6.45, 7) is 6.54. The van der Waals surface area contributed by atoms with Gasteiger partial charge < -0.3 is 14.0 Å². The summed E-state index contributed by atoms with van der Waals surface area (Å²) in [5, 5.41) is 0. The number of rotatable bonds is 4. The monoisotopic (exact) mass is 461 g/mol. The lowest BCUT2D eigenvalue weighted by molar-refractivity contribution is -0.145. The molecule has 2 aromatic rings. The van der Waals surface area contributed by atoms with Crippen molar-refractivity contribution >= 4 is 40.4 Å². The van der Waals surface area contributed by atoms with Crippen molar-refractivity contribution in [2.75, 3.05) is 20.1 Å². The summed E-state index contributed by atoms with van der Waals surface area (Å²) in [5.74, 6) is -0.220. The van der Waals surface area contributed by atoms with E-state index in [-0.39, 0.29) is 13.1 Å². The van der Waals surface area contributed by atoms with Crippen LogP contribution in [0.1, 0.15) is 25.0 Å². The lowest BCUT2D eigenvalue weighted by atomic mass is 9.78. The molecule has 1 aliphatic heterocycles. The fourth-order valence-corrected chi connectivity index (χ4v) is 3.07. The van der Waals surface area contributed by atoms with Gasteiger partial charge in [0.05, 0.1) is 13.1 Å². The Morgan fingerprint density at radius 3 is 2.21 bits per heavy atom. The van der Waals surface area contributed by atoms with E-state index < -0.39 is 19.1 Å². The first-order chi connectivity index (χ1) is 13.9. The van der Waals surface area contributed by atoms with Crippen molar-refractivity contribution in [3.8, 4) is 5.75 Å². The SMILES string of the molecule is CC.Cc1c(Br)cccc1COc1ccc(B2OC(=O)CN(C)CC(=O)O2)cc1. The normalized spacial score (nSPS) is 14.7. The summed E-state index contributed by atoms with van der Waals surface area (Å²) in [4.78, 5) is 25.2. The molecule has 1 aliphatic rings. The third-order valence-corrected chi connectivity index (χ3v) is 5.06. The summed E-state index contributed by atoms with van der Waals surface area (Å²) in [6.07, 6.45) is 0. The second-order valence-electron chi connectivity index (χ2n) is 6.37. The van der Waals surface area contributed by atoms with Crippen LogP contribution in [-0.2, 0) is 25.5 Å². The largest absolute Gasteiger partial charge is 0.636 e. The standard InChI is InChI=1S/C19H19BBrNO5.C2H6/c1-13-14(4-3-5-17(13)21)12-25-16-8-6-15(7-9-16)20-26-18(23)10-22(2)11-19(24)27-20;1-2/h3-9H,10-12H2,1-2H3;1-2H3. The molecule has 0 amide bonds. The molecule has 1 saturated heterocycles. The van der Waals surface area contributed by atoms with Crippen molar-refractivity contribution in [2.24, 2.45) is 0 Å². The topological polar surface area (TPSA) is 65.1 Å². The van der Waals surface area contributed by atoms with Gasteiger partial charge in [0.1, 0.15) is 12.4 Å². The van der Waals surface area contributed by atoms with Crippen LogP contribution in [0.15, 0.2) is 46.9 Å². The molecule has 1 fully saturated rings. The van der Waals surface area contributed by atoms with Gasteiger partial charge in [0, 0.05) is 9.94 Å². The number of benzene rings is 2. The number of nitrogens with zero attached hydrogens (tertiary/aromatic N) is 1. The second kappa shape index (κ2) is 11.0. The van der Waals surface area contributed by atoms with Gasteiger partial charge >= 0.3 is 19.1 Å². The number of hydrogen-bond donors (Lipinski definition) is 0. The maximum Gasteiger partial charge on any atom is 0.636 e. The number of carbonyl (C=O) groups excluding carboxylic acids is 2. The molecule has 0 aromatic heterocycles. The zero-order chi connectivity index (χ0) is 21.4. The minimum absolute atomic E-state index is 0.0405. The van der Waals surface area contributed by atoms with Crippen molar-refractivity contribution in [1.82, 2.24) is 4.90 Å². The van der Waals surface area contributed by atoms with E-state index in [1.165, 1.54) is 0 Å². The molecule has 29 heavy (non-hydrogen) atoms. The molecule has 0 N–H and O–H groups in total. The fourth-order valence-electron chi connectivity index (χ4n) is 2.66. The molecule has 0 aliphatic carbocycles. The van der Waals surface area contributed by atoms with E-state index in [1.54, 1.807) is 36.2 Å². The van der Waals surface area contributed by atoms with Crippen molar-refractivity contribution in [3.63, 3.8) is 0 Å². The van der Waals surface area contributed by atoms with Crippen LogP contribution in [0.4, 0.5) is 0 Å². The molecule has 6 nitrogen and oxygen atoms in total. The summed E-state index contributed by atoms with van der Waals surface area (Å²) in [5.41, 5.74) is 2.79. The zero-order valence-corrected chi connectivity index (χ0v) is 18.7. The Bertz CT molecular complexity index is 823. The van der Waals surface area contributed by atoms with Gasteiger partial charge in [-0.2, -0.15) is 0 Å². The average molecular weight is 462 g/mol. The van der Waals surface area contributed by atoms with Gasteiger partial charge in [-0.1, -0.05) is 54.0 Å². The van der Waals surface area contributed by atoms with Gasteiger partial charge in [0.15, 0.2) is 0 Å². The first-order valence-corrected chi connectivity index (χ1v) is 10.3. The molecule has 1 heterocycles. The Morgan fingerprint density at radius 1 is 1.03 bits per heavy atom. The summed E-state index contributed by atoms with van der Waals surface area (Å²) in [7, 11) is 0.613. The van der Waals surface area contributed by atoms with Crippen LogP contribution < -0.4 is 10.2 Å². The first-order valence-electron chi connectivity index (χ1n) is 9.46. The molecule has 2 aromatic carbocycles. The Balaban J connectivity index is 0.00000145. The molecule has 0 radical (unpaired) electrons. The Morgan fingerprint density at radius 2 is 1.62 bits per heavy atom. The van der Waals surface area contributed by atoms with Crippen molar-refractivity contribution in [1.29, 1.82) is 0 Å². The predicted molar refractivity (Wildman–Crippen MR) is 116 cm³/mol. The van der Waals surface area contributed by atoms with Crippen LogP contribution in [0.2, 0.25) is 0 Å². The van der Waals surface area contributed by atoms with Gasteiger partial charge in [-0.3, -0.25) is 14.5 Å². The summed E-state index contributed by atoms with van der Waals surface area (Å²) in [6, 6.07) is 12.9. The highest BCUT2D eigenvalue weighted by molar-refractivity contribution is 9.10. The molecular formula is C21H25BBrNO5. The maximum absolute atomic E-state index is 11.8. The van der Waals surface area contributed by atoms with Gasteiger partial charge in [0.2, 0.25) is 0 Å².